The topological polar surface area (TPSA) is 128 Å². The molecule has 32 heavy (non-hydrogen) atoms. The number of nitrogens with one attached hydrogen (secondary N) is 3. The molecule has 4 heterocycles. The third kappa shape index (κ3) is 4.48. The third-order valence-corrected chi connectivity index (χ3v) is 4.68. The number of ether oxygens (including phenoxy) is 3. The van der Waals surface area contributed by atoms with Crippen molar-refractivity contribution < 1.29 is 27.8 Å². The quantitative estimate of drug-likeness (QED) is 0.500. The average molecular weight is 451 g/mol. The van der Waals surface area contributed by atoms with Crippen molar-refractivity contribution in [2.45, 2.75) is 44.9 Å². The molecule has 0 saturated carbocycles. The fourth-order valence-electron chi connectivity index (χ4n) is 3.31. The van der Waals surface area contributed by atoms with Gasteiger partial charge in [0.2, 0.25) is 5.95 Å². The zero-order valence-electron chi connectivity index (χ0n) is 17.6. The zero-order chi connectivity index (χ0) is 22.8. The van der Waals surface area contributed by atoms with Crippen molar-refractivity contribution >= 4 is 23.5 Å². The van der Waals surface area contributed by atoms with Crippen LogP contribution in [0.3, 0.4) is 0 Å². The van der Waals surface area contributed by atoms with E-state index in [9.17, 15) is 13.6 Å². The maximum absolute atomic E-state index is 14.8. The largest absolute Gasteiger partial charge is 0.441 e. The SMILES string of the molecule is COCc1cn2c(Nc3cc([C@@H]4OC[C@H](OC(=O)NC(C)C)[C@H]4F)[nH]n3)ncc(F)c2n1. The summed E-state index contributed by atoms with van der Waals surface area (Å²) < 4.78 is 45.9. The van der Waals surface area contributed by atoms with E-state index >= 15 is 0 Å². The van der Waals surface area contributed by atoms with Crippen LogP contribution in [0.15, 0.2) is 18.5 Å². The van der Waals surface area contributed by atoms with E-state index in [1.807, 2.05) is 0 Å². The lowest BCUT2D eigenvalue weighted by molar-refractivity contribution is 0.0615. The van der Waals surface area contributed by atoms with Crippen LogP contribution in [0.4, 0.5) is 25.3 Å². The summed E-state index contributed by atoms with van der Waals surface area (Å²) in [5, 5.41) is 12.3. The molecule has 0 unspecified atom stereocenters. The summed E-state index contributed by atoms with van der Waals surface area (Å²) in [5.74, 6) is -0.0297. The molecule has 0 spiro atoms. The number of alkyl carbamates (subject to hydrolysis) is 1. The Morgan fingerprint density at radius 1 is 1.47 bits per heavy atom. The molecule has 1 amide bonds. The highest BCUT2D eigenvalue weighted by Crippen LogP contribution is 2.33. The highest BCUT2D eigenvalue weighted by molar-refractivity contribution is 5.67. The Bertz CT molecular complexity index is 1100. The number of H-pyrrole nitrogens is 1. The predicted octanol–water partition coefficient (Wildman–Crippen LogP) is 2.39. The Hall–Kier alpha value is -3.32. The average Bonchev–Trinajstić information content (AvgIpc) is 3.44. The minimum Gasteiger partial charge on any atom is -0.441 e. The van der Waals surface area contributed by atoms with Crippen molar-refractivity contribution in [2.24, 2.45) is 0 Å². The second-order valence-electron chi connectivity index (χ2n) is 7.56. The Balaban J connectivity index is 1.47. The first kappa shape index (κ1) is 21.9. The van der Waals surface area contributed by atoms with E-state index in [4.69, 9.17) is 14.2 Å². The molecule has 1 aliphatic rings. The minimum absolute atomic E-state index is 0.0768. The number of halogens is 2. The van der Waals surface area contributed by atoms with E-state index in [0.717, 1.165) is 6.20 Å². The fourth-order valence-corrected chi connectivity index (χ4v) is 3.31. The number of anilines is 2. The predicted molar refractivity (Wildman–Crippen MR) is 108 cm³/mol. The van der Waals surface area contributed by atoms with Crippen molar-refractivity contribution in [1.82, 2.24) is 29.9 Å². The number of hydrogen-bond acceptors (Lipinski definition) is 8. The van der Waals surface area contributed by atoms with Crippen LogP contribution in [-0.2, 0) is 20.8 Å². The number of methoxy groups -OCH3 is 1. The maximum Gasteiger partial charge on any atom is 0.407 e. The normalized spacial score (nSPS) is 20.8. The van der Waals surface area contributed by atoms with Crippen LogP contribution in [0.5, 0.6) is 0 Å². The van der Waals surface area contributed by atoms with Gasteiger partial charge in [-0.2, -0.15) is 5.10 Å². The third-order valence-electron chi connectivity index (χ3n) is 4.68. The van der Waals surface area contributed by atoms with E-state index in [1.165, 1.54) is 17.6 Å². The van der Waals surface area contributed by atoms with Gasteiger partial charge < -0.3 is 24.8 Å². The van der Waals surface area contributed by atoms with Crippen LogP contribution in [0, 0.1) is 5.82 Å². The first-order valence-electron chi connectivity index (χ1n) is 9.92. The summed E-state index contributed by atoms with van der Waals surface area (Å²) in [7, 11) is 1.51. The van der Waals surface area contributed by atoms with E-state index in [2.05, 4.69) is 30.8 Å². The number of amides is 1. The first-order chi connectivity index (χ1) is 15.4. The van der Waals surface area contributed by atoms with Crippen LogP contribution < -0.4 is 10.6 Å². The maximum atomic E-state index is 14.8. The van der Waals surface area contributed by atoms with Crippen molar-refractivity contribution in [3.05, 3.63) is 35.7 Å². The van der Waals surface area contributed by atoms with Gasteiger partial charge in [-0.1, -0.05) is 0 Å². The summed E-state index contributed by atoms with van der Waals surface area (Å²) in [4.78, 5) is 20.0. The smallest absolute Gasteiger partial charge is 0.407 e. The van der Waals surface area contributed by atoms with Gasteiger partial charge in [0.15, 0.2) is 29.6 Å². The number of hydrogen-bond donors (Lipinski definition) is 3. The van der Waals surface area contributed by atoms with Gasteiger partial charge in [-0.3, -0.25) is 9.50 Å². The van der Waals surface area contributed by atoms with E-state index in [-0.39, 0.29) is 30.9 Å². The van der Waals surface area contributed by atoms with Crippen LogP contribution in [-0.4, -0.2) is 62.7 Å². The molecular formula is C19H23F2N7O4. The molecule has 0 aromatic carbocycles. The van der Waals surface area contributed by atoms with Crippen LogP contribution in [0.25, 0.3) is 5.65 Å². The Morgan fingerprint density at radius 3 is 3.03 bits per heavy atom. The molecule has 0 radical (unpaired) electrons. The van der Waals surface area contributed by atoms with Gasteiger partial charge >= 0.3 is 6.09 Å². The van der Waals surface area contributed by atoms with Gasteiger partial charge in [-0.25, -0.2) is 23.5 Å². The molecule has 11 nitrogen and oxygen atoms in total. The number of aromatic amines is 1. The number of rotatable bonds is 7. The van der Waals surface area contributed by atoms with Crippen LogP contribution in [0.1, 0.15) is 31.3 Å². The molecule has 3 aromatic rings. The summed E-state index contributed by atoms with van der Waals surface area (Å²) >= 11 is 0. The van der Waals surface area contributed by atoms with E-state index in [1.54, 1.807) is 20.0 Å². The minimum atomic E-state index is -1.58. The zero-order valence-corrected chi connectivity index (χ0v) is 17.6. The second-order valence-corrected chi connectivity index (χ2v) is 7.56. The van der Waals surface area contributed by atoms with E-state index < -0.39 is 30.3 Å². The molecule has 3 aromatic heterocycles. The summed E-state index contributed by atoms with van der Waals surface area (Å²) in [5.41, 5.74) is 0.949. The first-order valence-corrected chi connectivity index (χ1v) is 9.92. The molecule has 3 N–H and O–H groups in total. The summed E-state index contributed by atoms with van der Waals surface area (Å²) in [6.07, 6.45) is -1.69. The summed E-state index contributed by atoms with van der Waals surface area (Å²) in [6.45, 7) is 3.67. The highest BCUT2D eigenvalue weighted by Gasteiger charge is 2.42. The number of nitrogens with zero attached hydrogens (tertiary/aromatic N) is 4. The lowest BCUT2D eigenvalue weighted by Gasteiger charge is -2.16. The lowest BCUT2D eigenvalue weighted by atomic mass is 10.1. The Morgan fingerprint density at radius 2 is 2.28 bits per heavy atom. The lowest BCUT2D eigenvalue weighted by Crippen LogP contribution is -2.36. The number of fused-ring (bicyclic) bond motifs is 1. The number of imidazole rings is 1. The van der Waals surface area contributed by atoms with Gasteiger partial charge in [0.25, 0.3) is 0 Å². The molecule has 4 rings (SSSR count). The molecule has 1 fully saturated rings. The second kappa shape index (κ2) is 9.04. The Labute approximate surface area is 181 Å². The molecule has 1 saturated heterocycles. The molecule has 172 valence electrons. The van der Waals surface area contributed by atoms with Crippen molar-refractivity contribution in [1.29, 1.82) is 0 Å². The van der Waals surface area contributed by atoms with Crippen molar-refractivity contribution in [3.8, 4) is 0 Å². The van der Waals surface area contributed by atoms with Gasteiger partial charge in [-0.05, 0) is 13.8 Å². The monoisotopic (exact) mass is 451 g/mol. The summed E-state index contributed by atoms with van der Waals surface area (Å²) in [6, 6.07) is 1.41. The number of aromatic nitrogens is 5. The molecular weight excluding hydrogens is 428 g/mol. The van der Waals surface area contributed by atoms with Crippen molar-refractivity contribution in [3.63, 3.8) is 0 Å². The van der Waals surface area contributed by atoms with Gasteiger partial charge in [0, 0.05) is 25.4 Å². The van der Waals surface area contributed by atoms with Crippen LogP contribution >= 0.6 is 0 Å². The van der Waals surface area contributed by atoms with Gasteiger partial charge in [0.05, 0.1) is 30.8 Å². The van der Waals surface area contributed by atoms with Gasteiger partial charge in [-0.15, -0.1) is 0 Å². The highest BCUT2D eigenvalue weighted by atomic mass is 19.1. The van der Waals surface area contributed by atoms with Gasteiger partial charge in [0.1, 0.15) is 6.10 Å². The number of alkyl halides is 1. The number of carbonyl (C=O) groups excluding carboxylic acids is 1. The molecule has 1 aliphatic heterocycles. The molecule has 0 aliphatic carbocycles. The van der Waals surface area contributed by atoms with E-state index in [0.29, 0.717) is 17.2 Å². The van der Waals surface area contributed by atoms with Crippen molar-refractivity contribution in [2.75, 3.05) is 19.0 Å². The molecule has 13 heteroatoms. The Kier molecular flexibility index (Phi) is 6.19. The fraction of sp³-hybridized carbons (Fsp3) is 0.474. The number of carbonyl (C=O) groups is 1. The molecule has 0 bridgehead atoms. The standard InChI is InChI=1S/C19H23F2N7O4/c1-9(2)23-19(29)32-13-8-31-16(15(13)21)12-4-14(27-26-12)25-18-22-5-11(20)17-24-10(7-30-3)6-28(17)18/h4-6,9,13,15-16H,7-8H2,1-3H3,(H,23,29)(H2,22,25,26,27)/t13-,15+,16-/m0/s1. The molecule has 3 atom stereocenters. The van der Waals surface area contributed by atoms with Crippen LogP contribution in [0.2, 0.25) is 0 Å².